The molecule has 0 atom stereocenters. The molecule has 142 valence electrons. The SMILES string of the molecule is CCOC(=O)NC(=O)COC(=O)c1ccccc1OCc1ccccc1Cl. The Morgan fingerprint density at radius 1 is 1.00 bits per heavy atom. The minimum atomic E-state index is -0.901. The van der Waals surface area contributed by atoms with Gasteiger partial charge >= 0.3 is 12.1 Å². The van der Waals surface area contributed by atoms with Crippen LogP contribution in [0.25, 0.3) is 0 Å². The zero-order valence-electron chi connectivity index (χ0n) is 14.6. The number of rotatable bonds is 7. The molecule has 0 saturated carbocycles. The van der Waals surface area contributed by atoms with Crippen LogP contribution in [0.1, 0.15) is 22.8 Å². The number of hydrogen-bond donors (Lipinski definition) is 1. The molecule has 0 aliphatic heterocycles. The van der Waals surface area contributed by atoms with Gasteiger partial charge in [0.05, 0.1) is 6.61 Å². The Morgan fingerprint density at radius 3 is 2.44 bits per heavy atom. The summed E-state index contributed by atoms with van der Waals surface area (Å²) in [4.78, 5) is 34.9. The summed E-state index contributed by atoms with van der Waals surface area (Å²) in [6.45, 7) is 1.25. The number of ether oxygens (including phenoxy) is 3. The number of nitrogens with one attached hydrogen (secondary N) is 1. The number of para-hydroxylation sites is 1. The fraction of sp³-hybridized carbons (Fsp3) is 0.211. The lowest BCUT2D eigenvalue weighted by atomic mass is 10.2. The number of amides is 2. The number of alkyl carbamates (subject to hydrolysis) is 1. The Hall–Kier alpha value is -3.06. The Bertz CT molecular complexity index is 823. The predicted molar refractivity (Wildman–Crippen MR) is 97.7 cm³/mol. The van der Waals surface area contributed by atoms with E-state index in [0.29, 0.717) is 5.02 Å². The Morgan fingerprint density at radius 2 is 1.70 bits per heavy atom. The van der Waals surface area contributed by atoms with E-state index in [4.69, 9.17) is 21.1 Å². The van der Waals surface area contributed by atoms with Gasteiger partial charge in [0.1, 0.15) is 17.9 Å². The van der Waals surface area contributed by atoms with Gasteiger partial charge in [-0.1, -0.05) is 41.9 Å². The maximum atomic E-state index is 12.2. The highest BCUT2D eigenvalue weighted by Crippen LogP contribution is 2.22. The highest BCUT2D eigenvalue weighted by molar-refractivity contribution is 6.31. The number of carbonyl (C=O) groups excluding carboxylic acids is 3. The van der Waals surface area contributed by atoms with Crippen molar-refractivity contribution in [1.29, 1.82) is 0 Å². The molecule has 0 radical (unpaired) electrons. The maximum absolute atomic E-state index is 12.2. The Balaban J connectivity index is 1.96. The van der Waals surface area contributed by atoms with Crippen LogP contribution in [0.5, 0.6) is 5.75 Å². The molecule has 0 aliphatic rings. The minimum Gasteiger partial charge on any atom is -0.488 e. The van der Waals surface area contributed by atoms with Crippen LogP contribution in [0.15, 0.2) is 48.5 Å². The zero-order valence-corrected chi connectivity index (χ0v) is 15.3. The molecule has 1 N–H and O–H groups in total. The summed E-state index contributed by atoms with van der Waals surface area (Å²) in [6.07, 6.45) is -0.901. The van der Waals surface area contributed by atoms with Crippen molar-refractivity contribution in [3.63, 3.8) is 0 Å². The standard InChI is InChI=1S/C19H18ClNO6/c1-2-25-19(24)21-17(22)12-27-18(23)14-8-4-6-10-16(14)26-11-13-7-3-5-9-15(13)20/h3-10H,2,11-12H2,1H3,(H,21,22,24). The van der Waals surface area contributed by atoms with Gasteiger partial charge in [0.25, 0.3) is 5.91 Å². The normalized spacial score (nSPS) is 10.0. The Kier molecular flexibility index (Phi) is 7.63. The second-order valence-electron chi connectivity index (χ2n) is 5.22. The van der Waals surface area contributed by atoms with Gasteiger partial charge in [0.15, 0.2) is 6.61 Å². The van der Waals surface area contributed by atoms with Crippen molar-refractivity contribution in [2.24, 2.45) is 0 Å². The predicted octanol–water partition coefficient (Wildman–Crippen LogP) is 3.35. The van der Waals surface area contributed by atoms with Gasteiger partial charge in [-0.05, 0) is 25.1 Å². The van der Waals surface area contributed by atoms with Crippen LogP contribution in [0.2, 0.25) is 5.02 Å². The smallest absolute Gasteiger partial charge is 0.413 e. The third kappa shape index (κ3) is 6.31. The van der Waals surface area contributed by atoms with Crippen molar-refractivity contribution in [2.45, 2.75) is 13.5 Å². The van der Waals surface area contributed by atoms with Gasteiger partial charge in [-0.3, -0.25) is 10.1 Å². The van der Waals surface area contributed by atoms with Crippen LogP contribution in [0, 0.1) is 0 Å². The Labute approximate surface area is 161 Å². The van der Waals surface area contributed by atoms with Gasteiger partial charge in [0.2, 0.25) is 0 Å². The van der Waals surface area contributed by atoms with E-state index in [9.17, 15) is 14.4 Å². The second kappa shape index (κ2) is 10.2. The van der Waals surface area contributed by atoms with Crippen molar-refractivity contribution >= 4 is 29.6 Å². The van der Waals surface area contributed by atoms with Gasteiger partial charge in [-0.25, -0.2) is 9.59 Å². The van der Waals surface area contributed by atoms with E-state index in [1.165, 1.54) is 6.07 Å². The molecule has 2 aromatic rings. The topological polar surface area (TPSA) is 90.9 Å². The average molecular weight is 392 g/mol. The molecule has 2 rings (SSSR count). The molecule has 0 aliphatic carbocycles. The van der Waals surface area contributed by atoms with Gasteiger partial charge < -0.3 is 14.2 Å². The lowest BCUT2D eigenvalue weighted by Gasteiger charge is -2.12. The summed E-state index contributed by atoms with van der Waals surface area (Å²) in [5.41, 5.74) is 0.907. The first-order valence-electron chi connectivity index (χ1n) is 8.10. The highest BCUT2D eigenvalue weighted by Gasteiger charge is 2.17. The molecule has 27 heavy (non-hydrogen) atoms. The monoisotopic (exact) mass is 391 g/mol. The van der Waals surface area contributed by atoms with Gasteiger partial charge in [-0.2, -0.15) is 0 Å². The molecule has 0 bridgehead atoms. The van der Waals surface area contributed by atoms with Gasteiger partial charge in [-0.15, -0.1) is 0 Å². The molecule has 0 fully saturated rings. The summed E-state index contributed by atoms with van der Waals surface area (Å²) in [6, 6.07) is 13.6. The van der Waals surface area contributed by atoms with Crippen molar-refractivity contribution in [2.75, 3.05) is 13.2 Å². The molecule has 0 unspecified atom stereocenters. The van der Waals surface area contributed by atoms with Crippen molar-refractivity contribution < 1.29 is 28.6 Å². The maximum Gasteiger partial charge on any atom is 0.413 e. The summed E-state index contributed by atoms with van der Waals surface area (Å²) < 4.78 is 15.2. The number of benzene rings is 2. The number of esters is 1. The van der Waals surface area contributed by atoms with Crippen molar-refractivity contribution in [1.82, 2.24) is 5.32 Å². The van der Waals surface area contributed by atoms with Crippen LogP contribution >= 0.6 is 11.6 Å². The van der Waals surface area contributed by atoms with E-state index in [-0.39, 0.29) is 24.5 Å². The van der Waals surface area contributed by atoms with Crippen molar-refractivity contribution in [3.8, 4) is 5.75 Å². The number of hydrogen-bond acceptors (Lipinski definition) is 6. The summed E-state index contributed by atoms with van der Waals surface area (Å²) in [5.74, 6) is -1.27. The number of carbonyl (C=O) groups is 3. The number of imide groups is 1. The molecule has 8 heteroatoms. The largest absolute Gasteiger partial charge is 0.488 e. The van der Waals surface area contributed by atoms with E-state index in [1.54, 1.807) is 37.3 Å². The van der Waals surface area contributed by atoms with Gasteiger partial charge in [0, 0.05) is 10.6 Å². The zero-order chi connectivity index (χ0) is 19.6. The molecular weight excluding hydrogens is 374 g/mol. The van der Waals surface area contributed by atoms with E-state index >= 15 is 0 Å². The molecule has 2 amide bonds. The van der Waals surface area contributed by atoms with Crippen LogP contribution in [0.3, 0.4) is 0 Å². The fourth-order valence-corrected chi connectivity index (χ4v) is 2.25. The fourth-order valence-electron chi connectivity index (χ4n) is 2.06. The first kappa shape index (κ1) is 20.3. The van der Waals surface area contributed by atoms with E-state index in [2.05, 4.69) is 4.74 Å². The number of halogens is 1. The molecule has 0 saturated heterocycles. The first-order chi connectivity index (χ1) is 13.0. The third-order valence-corrected chi connectivity index (χ3v) is 3.67. The van der Waals surface area contributed by atoms with Crippen LogP contribution in [-0.4, -0.2) is 31.2 Å². The molecule has 0 spiro atoms. The summed E-state index contributed by atoms with van der Waals surface area (Å²) in [5, 5.41) is 2.48. The van der Waals surface area contributed by atoms with E-state index in [0.717, 1.165) is 5.56 Å². The first-order valence-corrected chi connectivity index (χ1v) is 8.48. The quantitative estimate of drug-likeness (QED) is 0.728. The average Bonchev–Trinajstić information content (AvgIpc) is 2.66. The third-order valence-electron chi connectivity index (χ3n) is 3.30. The molecule has 2 aromatic carbocycles. The van der Waals surface area contributed by atoms with Crippen LogP contribution in [-0.2, 0) is 20.9 Å². The summed E-state index contributed by atoms with van der Waals surface area (Å²) >= 11 is 6.09. The summed E-state index contributed by atoms with van der Waals surface area (Å²) in [7, 11) is 0. The lowest BCUT2D eigenvalue weighted by molar-refractivity contribution is -0.123. The molecule has 7 nitrogen and oxygen atoms in total. The van der Waals surface area contributed by atoms with Crippen LogP contribution in [0.4, 0.5) is 4.79 Å². The molecule has 0 heterocycles. The van der Waals surface area contributed by atoms with E-state index < -0.39 is 24.6 Å². The van der Waals surface area contributed by atoms with Crippen LogP contribution < -0.4 is 10.1 Å². The highest BCUT2D eigenvalue weighted by atomic mass is 35.5. The second-order valence-corrected chi connectivity index (χ2v) is 5.63. The van der Waals surface area contributed by atoms with Crippen molar-refractivity contribution in [3.05, 3.63) is 64.7 Å². The molecular formula is C19H18ClNO6. The lowest BCUT2D eigenvalue weighted by Crippen LogP contribution is -2.34. The van der Waals surface area contributed by atoms with E-state index in [1.807, 2.05) is 17.4 Å². The minimum absolute atomic E-state index is 0.120. The molecule has 0 aromatic heterocycles.